The third kappa shape index (κ3) is 3.97. The highest BCUT2D eigenvalue weighted by Crippen LogP contribution is 2.20. The molecule has 94 valence electrons. The number of benzene rings is 1. The van der Waals surface area contributed by atoms with Crippen LogP contribution >= 0.6 is 0 Å². The molecule has 0 aromatic heterocycles. The van der Waals surface area contributed by atoms with E-state index in [9.17, 15) is 8.78 Å². The molecular formula is C13H17F2NO. The fourth-order valence-electron chi connectivity index (χ4n) is 1.62. The van der Waals surface area contributed by atoms with Gasteiger partial charge in [-0.05, 0) is 44.9 Å². The van der Waals surface area contributed by atoms with Crippen LogP contribution in [0.4, 0.5) is 8.78 Å². The van der Waals surface area contributed by atoms with Crippen molar-refractivity contribution in [1.82, 2.24) is 5.32 Å². The van der Waals surface area contributed by atoms with Gasteiger partial charge in [-0.2, -0.15) is 0 Å². The van der Waals surface area contributed by atoms with Crippen LogP contribution in [0.3, 0.4) is 0 Å². The first-order valence-electron chi connectivity index (χ1n) is 6.00. The molecule has 1 N–H and O–H groups in total. The smallest absolute Gasteiger partial charge is 0.167 e. The van der Waals surface area contributed by atoms with Crippen molar-refractivity contribution < 1.29 is 13.5 Å². The number of rotatable bonds is 6. The van der Waals surface area contributed by atoms with Crippen LogP contribution in [0.2, 0.25) is 0 Å². The molecule has 17 heavy (non-hydrogen) atoms. The molecule has 2 rings (SSSR count). The summed E-state index contributed by atoms with van der Waals surface area (Å²) in [5, 5.41) is 3.36. The summed E-state index contributed by atoms with van der Waals surface area (Å²) >= 11 is 0. The normalized spacial score (nSPS) is 16.9. The Balaban J connectivity index is 1.77. The lowest BCUT2D eigenvalue weighted by Crippen LogP contribution is -2.24. The summed E-state index contributed by atoms with van der Waals surface area (Å²) in [5.74, 6) is -1.12. The van der Waals surface area contributed by atoms with Crippen LogP contribution in [-0.2, 0) is 0 Å². The van der Waals surface area contributed by atoms with Crippen molar-refractivity contribution in [3.8, 4) is 5.75 Å². The Labute approximate surface area is 100.0 Å². The monoisotopic (exact) mass is 241 g/mol. The topological polar surface area (TPSA) is 21.3 Å². The van der Waals surface area contributed by atoms with E-state index in [0.29, 0.717) is 6.04 Å². The Kier molecular flexibility index (Phi) is 3.94. The van der Waals surface area contributed by atoms with Crippen LogP contribution in [0, 0.1) is 11.6 Å². The van der Waals surface area contributed by atoms with Crippen LogP contribution in [-0.4, -0.2) is 18.7 Å². The van der Waals surface area contributed by atoms with Crippen LogP contribution in [0.1, 0.15) is 26.2 Å². The van der Waals surface area contributed by atoms with Crippen molar-refractivity contribution in [1.29, 1.82) is 0 Å². The van der Waals surface area contributed by atoms with Gasteiger partial charge in [0.2, 0.25) is 0 Å². The molecule has 1 aromatic carbocycles. The molecule has 0 radical (unpaired) electrons. The fraction of sp³-hybridized carbons (Fsp3) is 0.538. The van der Waals surface area contributed by atoms with Gasteiger partial charge in [0.15, 0.2) is 11.6 Å². The second kappa shape index (κ2) is 5.45. The zero-order chi connectivity index (χ0) is 12.3. The molecule has 0 aliphatic heterocycles. The predicted octanol–water partition coefficient (Wildman–Crippen LogP) is 2.87. The molecule has 0 saturated heterocycles. The fourth-order valence-corrected chi connectivity index (χ4v) is 1.62. The maximum Gasteiger partial charge on any atom is 0.167 e. The third-order valence-electron chi connectivity index (χ3n) is 2.78. The van der Waals surface area contributed by atoms with Gasteiger partial charge in [-0.25, -0.2) is 8.78 Å². The molecule has 1 aliphatic carbocycles. The second-order valence-corrected chi connectivity index (χ2v) is 4.52. The van der Waals surface area contributed by atoms with E-state index in [-0.39, 0.29) is 11.9 Å². The van der Waals surface area contributed by atoms with Crippen LogP contribution < -0.4 is 10.1 Å². The van der Waals surface area contributed by atoms with E-state index in [4.69, 9.17) is 4.74 Å². The Morgan fingerprint density at radius 3 is 2.82 bits per heavy atom. The van der Waals surface area contributed by atoms with E-state index >= 15 is 0 Å². The number of halogens is 2. The first-order chi connectivity index (χ1) is 8.15. The summed E-state index contributed by atoms with van der Waals surface area (Å²) in [4.78, 5) is 0. The zero-order valence-corrected chi connectivity index (χ0v) is 9.88. The summed E-state index contributed by atoms with van der Waals surface area (Å²) in [7, 11) is 0. The summed E-state index contributed by atoms with van der Waals surface area (Å²) in [6.07, 6.45) is 3.23. The summed E-state index contributed by atoms with van der Waals surface area (Å²) in [5.41, 5.74) is 0. The second-order valence-electron chi connectivity index (χ2n) is 4.52. The molecule has 0 heterocycles. The van der Waals surface area contributed by atoms with Gasteiger partial charge < -0.3 is 10.1 Å². The van der Waals surface area contributed by atoms with Gasteiger partial charge in [0.25, 0.3) is 0 Å². The zero-order valence-electron chi connectivity index (χ0n) is 9.88. The van der Waals surface area contributed by atoms with Crippen LogP contribution in [0.5, 0.6) is 5.75 Å². The van der Waals surface area contributed by atoms with Crippen molar-refractivity contribution in [2.75, 3.05) is 6.54 Å². The van der Waals surface area contributed by atoms with Crippen molar-refractivity contribution in [3.63, 3.8) is 0 Å². The molecule has 1 fully saturated rings. The lowest BCUT2D eigenvalue weighted by Gasteiger charge is -2.15. The van der Waals surface area contributed by atoms with Crippen molar-refractivity contribution in [3.05, 3.63) is 29.8 Å². The van der Waals surface area contributed by atoms with Gasteiger partial charge in [-0.15, -0.1) is 0 Å². The summed E-state index contributed by atoms with van der Waals surface area (Å²) in [6.45, 7) is 2.76. The SMILES string of the molecule is CC(CCNC1CC1)Oc1ccc(F)cc1F. The third-order valence-corrected chi connectivity index (χ3v) is 2.78. The Morgan fingerprint density at radius 1 is 1.41 bits per heavy atom. The molecule has 0 spiro atoms. The Bertz CT molecular complexity index is 380. The van der Waals surface area contributed by atoms with E-state index in [2.05, 4.69) is 5.32 Å². The molecule has 0 bridgehead atoms. The minimum Gasteiger partial charge on any atom is -0.488 e. The van der Waals surface area contributed by atoms with Crippen LogP contribution in [0.15, 0.2) is 18.2 Å². The van der Waals surface area contributed by atoms with E-state index in [1.165, 1.54) is 25.0 Å². The molecule has 1 saturated carbocycles. The number of ether oxygens (including phenoxy) is 1. The Hall–Kier alpha value is -1.16. The highest BCUT2D eigenvalue weighted by atomic mass is 19.1. The number of nitrogens with one attached hydrogen (secondary N) is 1. The quantitative estimate of drug-likeness (QED) is 0.827. The van der Waals surface area contributed by atoms with Crippen molar-refractivity contribution >= 4 is 0 Å². The highest BCUT2D eigenvalue weighted by molar-refractivity contribution is 5.24. The lowest BCUT2D eigenvalue weighted by atomic mass is 10.2. The maximum absolute atomic E-state index is 13.3. The van der Waals surface area contributed by atoms with Gasteiger partial charge in [0, 0.05) is 12.1 Å². The first kappa shape index (κ1) is 12.3. The molecule has 1 aliphatic rings. The lowest BCUT2D eigenvalue weighted by molar-refractivity contribution is 0.200. The van der Waals surface area contributed by atoms with Gasteiger partial charge >= 0.3 is 0 Å². The average Bonchev–Trinajstić information content (AvgIpc) is 3.06. The predicted molar refractivity (Wildman–Crippen MR) is 62.1 cm³/mol. The van der Waals surface area contributed by atoms with Crippen molar-refractivity contribution in [2.45, 2.75) is 38.3 Å². The van der Waals surface area contributed by atoms with Gasteiger partial charge in [-0.3, -0.25) is 0 Å². The van der Waals surface area contributed by atoms with Gasteiger partial charge in [0.05, 0.1) is 6.10 Å². The van der Waals surface area contributed by atoms with E-state index in [1.807, 2.05) is 6.92 Å². The molecule has 1 aromatic rings. The molecular weight excluding hydrogens is 224 g/mol. The van der Waals surface area contributed by atoms with E-state index in [1.54, 1.807) is 0 Å². The number of hydrogen-bond donors (Lipinski definition) is 1. The standard InChI is InChI=1S/C13H17F2NO/c1-9(6-7-16-11-3-4-11)17-13-5-2-10(14)8-12(13)15/h2,5,8-9,11,16H,3-4,6-7H2,1H3. The molecule has 1 unspecified atom stereocenters. The average molecular weight is 241 g/mol. The van der Waals surface area contributed by atoms with E-state index < -0.39 is 11.6 Å². The number of hydrogen-bond acceptors (Lipinski definition) is 2. The molecule has 1 atom stereocenters. The van der Waals surface area contributed by atoms with Crippen LogP contribution in [0.25, 0.3) is 0 Å². The van der Waals surface area contributed by atoms with Crippen molar-refractivity contribution in [2.24, 2.45) is 0 Å². The molecule has 2 nitrogen and oxygen atoms in total. The van der Waals surface area contributed by atoms with E-state index in [0.717, 1.165) is 19.0 Å². The summed E-state index contributed by atoms with van der Waals surface area (Å²) < 4.78 is 31.4. The minimum absolute atomic E-state index is 0.0822. The Morgan fingerprint density at radius 2 is 2.18 bits per heavy atom. The van der Waals surface area contributed by atoms with Gasteiger partial charge in [0.1, 0.15) is 5.82 Å². The summed E-state index contributed by atoms with van der Waals surface area (Å²) in [6, 6.07) is 4.04. The highest BCUT2D eigenvalue weighted by Gasteiger charge is 2.20. The maximum atomic E-state index is 13.3. The first-order valence-corrected chi connectivity index (χ1v) is 6.00. The molecule has 4 heteroatoms. The van der Waals surface area contributed by atoms with Gasteiger partial charge in [-0.1, -0.05) is 0 Å². The molecule has 0 amide bonds. The minimum atomic E-state index is -0.646. The largest absolute Gasteiger partial charge is 0.488 e.